The summed E-state index contributed by atoms with van der Waals surface area (Å²) in [5, 5.41) is 9.16. The van der Waals surface area contributed by atoms with E-state index in [4.69, 9.17) is 26.8 Å². The van der Waals surface area contributed by atoms with Crippen molar-refractivity contribution < 1.29 is 24.2 Å². The standard InChI is InChI=1S/C20H17NO5S2/c1-12(19(23)24)26-17-13(7-6-10-15(17)25-2)11-16-18(22)21(20(27)28-16)14-8-4-3-5-9-14/h3-12H,1-2H3,(H,23,24)/b16-11-/t12-/m1/s1. The molecule has 1 fully saturated rings. The molecule has 1 N–H and O–H groups in total. The van der Waals surface area contributed by atoms with E-state index in [1.165, 1.54) is 30.7 Å². The largest absolute Gasteiger partial charge is 0.493 e. The van der Waals surface area contributed by atoms with Crippen molar-refractivity contribution in [2.45, 2.75) is 13.0 Å². The number of thioether (sulfide) groups is 1. The minimum atomic E-state index is -1.10. The van der Waals surface area contributed by atoms with Crippen molar-refractivity contribution in [2.75, 3.05) is 12.0 Å². The van der Waals surface area contributed by atoms with Crippen LogP contribution >= 0.6 is 24.0 Å². The van der Waals surface area contributed by atoms with Crippen LogP contribution < -0.4 is 14.4 Å². The number of thiocarbonyl (C=S) groups is 1. The first-order valence-electron chi connectivity index (χ1n) is 8.32. The summed E-state index contributed by atoms with van der Waals surface area (Å²) < 4.78 is 11.3. The van der Waals surface area contributed by atoms with Crippen LogP contribution in [0.4, 0.5) is 5.69 Å². The second kappa shape index (κ2) is 8.45. The van der Waals surface area contributed by atoms with Gasteiger partial charge in [0.25, 0.3) is 5.91 Å². The van der Waals surface area contributed by atoms with Crippen LogP contribution in [0, 0.1) is 0 Å². The van der Waals surface area contributed by atoms with Crippen LogP contribution in [0.1, 0.15) is 12.5 Å². The van der Waals surface area contributed by atoms with Gasteiger partial charge in [-0.15, -0.1) is 0 Å². The highest BCUT2D eigenvalue weighted by molar-refractivity contribution is 8.27. The fourth-order valence-corrected chi connectivity index (χ4v) is 3.86. The molecule has 1 atom stereocenters. The van der Waals surface area contributed by atoms with Crippen LogP contribution in [0.15, 0.2) is 53.4 Å². The number of aliphatic carboxylic acids is 1. The molecule has 2 aromatic carbocycles. The Morgan fingerprint density at radius 3 is 2.57 bits per heavy atom. The lowest BCUT2D eigenvalue weighted by Crippen LogP contribution is -2.27. The van der Waals surface area contributed by atoms with Gasteiger partial charge in [-0.05, 0) is 31.2 Å². The number of anilines is 1. The first-order valence-corrected chi connectivity index (χ1v) is 9.54. The third kappa shape index (κ3) is 4.02. The van der Waals surface area contributed by atoms with Gasteiger partial charge in [-0.3, -0.25) is 9.69 Å². The van der Waals surface area contributed by atoms with Gasteiger partial charge >= 0.3 is 5.97 Å². The molecule has 0 radical (unpaired) electrons. The van der Waals surface area contributed by atoms with Crippen LogP contribution in [-0.4, -0.2) is 34.5 Å². The number of amides is 1. The highest BCUT2D eigenvalue weighted by Gasteiger charge is 2.33. The highest BCUT2D eigenvalue weighted by atomic mass is 32.2. The number of rotatable bonds is 6. The van der Waals surface area contributed by atoms with Crippen molar-refractivity contribution in [1.29, 1.82) is 0 Å². The summed E-state index contributed by atoms with van der Waals surface area (Å²) in [5.41, 5.74) is 1.22. The van der Waals surface area contributed by atoms with Gasteiger partial charge in [-0.2, -0.15) is 0 Å². The van der Waals surface area contributed by atoms with Gasteiger partial charge in [0.1, 0.15) is 0 Å². The van der Waals surface area contributed by atoms with Gasteiger partial charge < -0.3 is 14.6 Å². The van der Waals surface area contributed by atoms with E-state index in [0.29, 0.717) is 26.2 Å². The fraction of sp³-hybridized carbons (Fsp3) is 0.150. The lowest BCUT2D eigenvalue weighted by Gasteiger charge is -2.16. The number of carboxylic acid groups (broad SMARTS) is 1. The zero-order chi connectivity index (χ0) is 20.3. The molecule has 0 aliphatic carbocycles. The number of benzene rings is 2. The molecule has 1 aliphatic heterocycles. The number of carbonyl (C=O) groups excluding carboxylic acids is 1. The molecule has 1 heterocycles. The molecule has 3 rings (SSSR count). The van der Waals surface area contributed by atoms with Crippen molar-refractivity contribution in [3.8, 4) is 11.5 Å². The minimum Gasteiger partial charge on any atom is -0.493 e. The Morgan fingerprint density at radius 2 is 1.93 bits per heavy atom. The zero-order valence-corrected chi connectivity index (χ0v) is 16.8. The smallest absolute Gasteiger partial charge is 0.344 e. The summed E-state index contributed by atoms with van der Waals surface area (Å²) in [5.74, 6) is -0.723. The molecular weight excluding hydrogens is 398 g/mol. The number of carboxylic acids is 1. The number of para-hydroxylation sites is 2. The topological polar surface area (TPSA) is 76.1 Å². The molecule has 144 valence electrons. The summed E-state index contributed by atoms with van der Waals surface area (Å²) in [6.07, 6.45) is 0.552. The van der Waals surface area contributed by atoms with E-state index >= 15 is 0 Å². The van der Waals surface area contributed by atoms with Crippen molar-refractivity contribution in [3.05, 3.63) is 59.0 Å². The Morgan fingerprint density at radius 1 is 1.21 bits per heavy atom. The molecule has 1 amide bonds. The average molecular weight is 415 g/mol. The molecule has 0 bridgehead atoms. The molecule has 0 aromatic heterocycles. The number of methoxy groups -OCH3 is 1. The van der Waals surface area contributed by atoms with Crippen molar-refractivity contribution >= 4 is 51.9 Å². The Balaban J connectivity index is 1.98. The average Bonchev–Trinajstić information content (AvgIpc) is 2.96. The number of hydrogen-bond donors (Lipinski definition) is 1. The van der Waals surface area contributed by atoms with E-state index in [1.54, 1.807) is 24.3 Å². The molecule has 8 heteroatoms. The van der Waals surface area contributed by atoms with Gasteiger partial charge in [-0.25, -0.2) is 4.79 Å². The Hall–Kier alpha value is -2.84. The molecule has 0 saturated carbocycles. The molecule has 1 saturated heterocycles. The van der Waals surface area contributed by atoms with Crippen LogP contribution in [0.25, 0.3) is 6.08 Å². The van der Waals surface area contributed by atoms with Crippen LogP contribution in [0.2, 0.25) is 0 Å². The van der Waals surface area contributed by atoms with Crippen molar-refractivity contribution in [3.63, 3.8) is 0 Å². The van der Waals surface area contributed by atoms with E-state index in [-0.39, 0.29) is 11.7 Å². The SMILES string of the molecule is COc1cccc(/C=C2\SC(=S)N(c3ccccc3)C2=O)c1O[C@H](C)C(=O)O. The molecule has 28 heavy (non-hydrogen) atoms. The normalized spacial score (nSPS) is 16.4. The Labute approximate surface area is 171 Å². The predicted octanol–water partition coefficient (Wildman–Crippen LogP) is 3.95. The maximum absolute atomic E-state index is 12.9. The zero-order valence-electron chi connectivity index (χ0n) is 15.1. The Kier molecular flexibility index (Phi) is 6.01. The first-order chi connectivity index (χ1) is 13.4. The summed E-state index contributed by atoms with van der Waals surface area (Å²) in [4.78, 5) is 26.0. The lowest BCUT2D eigenvalue weighted by atomic mass is 10.1. The van der Waals surface area contributed by atoms with Crippen LogP contribution in [0.5, 0.6) is 11.5 Å². The number of hydrogen-bond acceptors (Lipinski definition) is 6. The lowest BCUT2D eigenvalue weighted by molar-refractivity contribution is -0.144. The van der Waals surface area contributed by atoms with Gasteiger partial charge in [0.05, 0.1) is 17.7 Å². The summed E-state index contributed by atoms with van der Waals surface area (Å²) in [7, 11) is 1.46. The number of nitrogens with zero attached hydrogens (tertiary/aromatic N) is 1. The Bertz CT molecular complexity index is 958. The maximum Gasteiger partial charge on any atom is 0.344 e. The maximum atomic E-state index is 12.9. The second-order valence-corrected chi connectivity index (χ2v) is 7.51. The molecule has 0 spiro atoms. The summed E-state index contributed by atoms with van der Waals surface area (Å²) >= 11 is 6.55. The minimum absolute atomic E-state index is 0.249. The van der Waals surface area contributed by atoms with Crippen molar-refractivity contribution in [1.82, 2.24) is 0 Å². The predicted molar refractivity (Wildman–Crippen MR) is 113 cm³/mol. The van der Waals surface area contributed by atoms with Gasteiger partial charge in [-0.1, -0.05) is 54.3 Å². The third-order valence-corrected chi connectivity index (χ3v) is 5.27. The summed E-state index contributed by atoms with van der Waals surface area (Å²) in [6, 6.07) is 14.3. The fourth-order valence-electron chi connectivity index (χ4n) is 2.57. The van der Waals surface area contributed by atoms with E-state index in [2.05, 4.69) is 0 Å². The van der Waals surface area contributed by atoms with Gasteiger partial charge in [0.2, 0.25) is 0 Å². The number of carbonyl (C=O) groups is 2. The van der Waals surface area contributed by atoms with Gasteiger partial charge in [0, 0.05) is 5.56 Å². The quantitative estimate of drug-likeness (QED) is 0.565. The molecule has 6 nitrogen and oxygen atoms in total. The van der Waals surface area contributed by atoms with Gasteiger partial charge in [0.15, 0.2) is 21.9 Å². The van der Waals surface area contributed by atoms with E-state index in [1.807, 2.05) is 30.3 Å². The van der Waals surface area contributed by atoms with Crippen molar-refractivity contribution in [2.24, 2.45) is 0 Å². The monoisotopic (exact) mass is 415 g/mol. The number of ether oxygens (including phenoxy) is 2. The molecule has 2 aromatic rings. The van der Waals surface area contributed by atoms with E-state index < -0.39 is 12.1 Å². The van der Waals surface area contributed by atoms with E-state index in [9.17, 15) is 9.59 Å². The molecule has 1 aliphatic rings. The first kappa shape index (κ1) is 19.9. The van der Waals surface area contributed by atoms with E-state index in [0.717, 1.165) is 0 Å². The second-order valence-electron chi connectivity index (χ2n) is 5.83. The molecule has 0 unspecified atom stereocenters. The van der Waals surface area contributed by atoms with Crippen LogP contribution in [0.3, 0.4) is 0 Å². The third-order valence-electron chi connectivity index (χ3n) is 3.97. The van der Waals surface area contributed by atoms with Crippen LogP contribution in [-0.2, 0) is 9.59 Å². The molecular formula is C20H17NO5S2. The highest BCUT2D eigenvalue weighted by Crippen LogP contribution is 2.39. The summed E-state index contributed by atoms with van der Waals surface area (Å²) in [6.45, 7) is 1.42.